The van der Waals surface area contributed by atoms with Crippen molar-refractivity contribution in [3.63, 3.8) is 0 Å². The second-order valence-electron chi connectivity index (χ2n) is 14.3. The van der Waals surface area contributed by atoms with Crippen LogP contribution in [0.5, 0.6) is 0 Å². The van der Waals surface area contributed by atoms with E-state index in [9.17, 15) is 0 Å². The van der Waals surface area contributed by atoms with E-state index >= 15 is 0 Å². The van der Waals surface area contributed by atoms with E-state index in [1.807, 2.05) is 54.7 Å². The van der Waals surface area contributed by atoms with Crippen molar-refractivity contribution in [2.45, 2.75) is 0 Å². The molecule has 0 atom stereocenters. The molecule has 0 unspecified atom stereocenters. The van der Waals surface area contributed by atoms with Gasteiger partial charge in [-0.25, -0.2) is 15.0 Å². The first-order valence-electron chi connectivity index (χ1n) is 18.9. The second kappa shape index (κ2) is 13.1. The standard InChI is InChI=1S/C52H32N4/c1-2-14-33(15-3-1)50-54-51(56-52(55-50)42-28-38-20-8-13-25-47(38)53-32-42)41-30-39(48-43-21-9-4-16-34(43)26-35-17-5-10-22-44(35)48)29-40(31-41)49-45-23-11-6-18-36(45)27-37-19-7-12-24-46(37)49/h1-32H. The highest BCUT2D eigenvalue weighted by Crippen LogP contribution is 2.43. The first-order chi connectivity index (χ1) is 27.7. The van der Waals surface area contributed by atoms with Gasteiger partial charge in [-0.15, -0.1) is 0 Å². The molecule has 0 aliphatic rings. The summed E-state index contributed by atoms with van der Waals surface area (Å²) in [6, 6.07) is 66.6. The molecule has 0 aliphatic carbocycles. The third-order valence-electron chi connectivity index (χ3n) is 10.8. The molecule has 0 N–H and O–H groups in total. The number of fused-ring (bicyclic) bond motifs is 5. The number of para-hydroxylation sites is 1. The normalized spacial score (nSPS) is 11.6. The summed E-state index contributed by atoms with van der Waals surface area (Å²) in [6.07, 6.45) is 1.86. The zero-order valence-electron chi connectivity index (χ0n) is 30.3. The van der Waals surface area contributed by atoms with Crippen LogP contribution in [0.4, 0.5) is 0 Å². The minimum atomic E-state index is 0.574. The van der Waals surface area contributed by atoms with Crippen LogP contribution in [0.15, 0.2) is 194 Å². The van der Waals surface area contributed by atoms with Crippen molar-refractivity contribution in [2.75, 3.05) is 0 Å². The third kappa shape index (κ3) is 5.47. The maximum Gasteiger partial charge on any atom is 0.165 e. The smallest absolute Gasteiger partial charge is 0.165 e. The first-order valence-corrected chi connectivity index (χ1v) is 18.9. The van der Waals surface area contributed by atoms with Crippen LogP contribution >= 0.6 is 0 Å². The molecular weight excluding hydrogens is 681 g/mol. The van der Waals surface area contributed by atoms with E-state index in [0.717, 1.165) is 38.7 Å². The van der Waals surface area contributed by atoms with E-state index in [0.29, 0.717) is 17.5 Å². The van der Waals surface area contributed by atoms with Gasteiger partial charge in [-0.05, 0) is 108 Å². The fraction of sp³-hybridized carbons (Fsp3) is 0. The Morgan fingerprint density at radius 3 is 1.18 bits per heavy atom. The van der Waals surface area contributed by atoms with Gasteiger partial charge in [-0.2, -0.15) is 0 Å². The van der Waals surface area contributed by atoms with E-state index in [4.69, 9.17) is 19.9 Å². The summed E-state index contributed by atoms with van der Waals surface area (Å²) in [4.78, 5) is 20.4. The fourth-order valence-electron chi connectivity index (χ4n) is 8.24. The van der Waals surface area contributed by atoms with Crippen LogP contribution in [0, 0.1) is 0 Å². The summed E-state index contributed by atoms with van der Waals surface area (Å²) in [7, 11) is 0. The maximum absolute atomic E-state index is 5.26. The Bertz CT molecular complexity index is 3070. The highest BCUT2D eigenvalue weighted by Gasteiger charge is 2.19. The lowest BCUT2D eigenvalue weighted by Gasteiger charge is -2.18. The molecule has 56 heavy (non-hydrogen) atoms. The number of rotatable bonds is 5. The van der Waals surface area contributed by atoms with Crippen LogP contribution in [0.3, 0.4) is 0 Å². The van der Waals surface area contributed by atoms with E-state index < -0.39 is 0 Å². The monoisotopic (exact) mass is 712 g/mol. The van der Waals surface area contributed by atoms with Gasteiger partial charge in [-0.1, -0.05) is 146 Å². The SMILES string of the molecule is c1ccc(-c2nc(-c3cc(-c4c5ccccc5cc5ccccc45)cc(-c4c5ccccc5cc5ccccc45)c3)nc(-c3cnc4ccccc4c3)n2)cc1. The molecule has 260 valence electrons. The van der Waals surface area contributed by atoms with Gasteiger partial charge < -0.3 is 0 Å². The Morgan fingerprint density at radius 1 is 0.268 bits per heavy atom. The van der Waals surface area contributed by atoms with E-state index in [2.05, 4.69) is 140 Å². The summed E-state index contributed by atoms with van der Waals surface area (Å²) >= 11 is 0. The van der Waals surface area contributed by atoms with Crippen molar-refractivity contribution in [3.05, 3.63) is 194 Å². The van der Waals surface area contributed by atoms with Gasteiger partial charge in [0, 0.05) is 28.3 Å². The Labute approximate surface area is 323 Å². The second-order valence-corrected chi connectivity index (χ2v) is 14.3. The van der Waals surface area contributed by atoms with Gasteiger partial charge in [0.25, 0.3) is 0 Å². The lowest BCUT2D eigenvalue weighted by molar-refractivity contribution is 1.07. The van der Waals surface area contributed by atoms with Crippen molar-refractivity contribution in [1.82, 2.24) is 19.9 Å². The number of benzene rings is 9. The predicted molar refractivity (Wildman–Crippen MR) is 232 cm³/mol. The third-order valence-corrected chi connectivity index (χ3v) is 10.8. The quantitative estimate of drug-likeness (QED) is 0.167. The summed E-state index contributed by atoms with van der Waals surface area (Å²) in [5.74, 6) is 1.78. The van der Waals surface area contributed by atoms with Crippen molar-refractivity contribution >= 4 is 54.0 Å². The van der Waals surface area contributed by atoms with Crippen LogP contribution < -0.4 is 0 Å². The van der Waals surface area contributed by atoms with Crippen LogP contribution in [0.25, 0.3) is 110 Å². The Hall–Kier alpha value is -7.56. The Kier molecular flexibility index (Phi) is 7.46. The van der Waals surface area contributed by atoms with Crippen molar-refractivity contribution < 1.29 is 0 Å². The highest BCUT2D eigenvalue weighted by molar-refractivity contribution is 6.16. The molecule has 0 radical (unpaired) electrons. The summed E-state index contributed by atoms with van der Waals surface area (Å²) in [5.41, 5.74) is 8.14. The lowest BCUT2D eigenvalue weighted by atomic mass is 9.87. The van der Waals surface area contributed by atoms with Gasteiger partial charge in [0.2, 0.25) is 0 Å². The maximum atomic E-state index is 5.26. The molecule has 0 amide bonds. The first kappa shape index (κ1) is 31.9. The molecule has 4 heteroatoms. The topological polar surface area (TPSA) is 51.6 Å². The molecule has 0 spiro atoms. The average molecular weight is 713 g/mol. The van der Waals surface area contributed by atoms with Crippen LogP contribution in [-0.4, -0.2) is 19.9 Å². The molecule has 2 aromatic heterocycles. The number of hydrogen-bond acceptors (Lipinski definition) is 4. The van der Waals surface area contributed by atoms with Crippen molar-refractivity contribution in [2.24, 2.45) is 0 Å². The zero-order valence-corrected chi connectivity index (χ0v) is 30.3. The molecular formula is C52H32N4. The zero-order chi connectivity index (χ0) is 37.0. The van der Waals surface area contributed by atoms with Crippen LogP contribution in [0.1, 0.15) is 0 Å². The molecule has 9 aromatic carbocycles. The number of aromatic nitrogens is 4. The molecule has 0 bridgehead atoms. The largest absolute Gasteiger partial charge is 0.255 e. The molecule has 0 aliphatic heterocycles. The lowest BCUT2D eigenvalue weighted by Crippen LogP contribution is -2.01. The van der Waals surface area contributed by atoms with E-state index in [1.165, 1.54) is 54.2 Å². The van der Waals surface area contributed by atoms with Gasteiger partial charge in [0.1, 0.15) is 0 Å². The summed E-state index contributed by atoms with van der Waals surface area (Å²) in [6.45, 7) is 0. The Balaban J connectivity index is 1.25. The highest BCUT2D eigenvalue weighted by atomic mass is 15.0. The molecule has 4 nitrogen and oxygen atoms in total. The minimum absolute atomic E-state index is 0.574. The Morgan fingerprint density at radius 2 is 0.661 bits per heavy atom. The predicted octanol–water partition coefficient (Wildman–Crippen LogP) is 13.4. The molecule has 0 saturated heterocycles. The van der Waals surface area contributed by atoms with Gasteiger partial charge >= 0.3 is 0 Å². The van der Waals surface area contributed by atoms with E-state index in [1.54, 1.807) is 0 Å². The summed E-state index contributed by atoms with van der Waals surface area (Å²) in [5, 5.41) is 10.6. The van der Waals surface area contributed by atoms with Crippen molar-refractivity contribution in [3.8, 4) is 56.4 Å². The van der Waals surface area contributed by atoms with Gasteiger partial charge in [-0.3, -0.25) is 4.98 Å². The number of pyridine rings is 1. The van der Waals surface area contributed by atoms with Gasteiger partial charge in [0.05, 0.1) is 5.52 Å². The molecule has 2 heterocycles. The van der Waals surface area contributed by atoms with Crippen LogP contribution in [-0.2, 0) is 0 Å². The summed E-state index contributed by atoms with van der Waals surface area (Å²) < 4.78 is 0. The van der Waals surface area contributed by atoms with Gasteiger partial charge in [0.15, 0.2) is 17.5 Å². The van der Waals surface area contributed by atoms with Crippen molar-refractivity contribution in [1.29, 1.82) is 0 Å². The number of hydrogen-bond donors (Lipinski definition) is 0. The molecule has 0 fully saturated rings. The number of nitrogens with zero attached hydrogens (tertiary/aromatic N) is 4. The van der Waals surface area contributed by atoms with Crippen LogP contribution in [0.2, 0.25) is 0 Å². The van der Waals surface area contributed by atoms with E-state index in [-0.39, 0.29) is 0 Å². The fourth-order valence-corrected chi connectivity index (χ4v) is 8.24. The molecule has 11 aromatic rings. The average Bonchev–Trinajstić information content (AvgIpc) is 3.27. The molecule has 0 saturated carbocycles. The molecule has 11 rings (SSSR count). The minimum Gasteiger partial charge on any atom is -0.255 e.